The summed E-state index contributed by atoms with van der Waals surface area (Å²) in [6.45, 7) is 11.1. The highest BCUT2D eigenvalue weighted by Crippen LogP contribution is 2.26. The quantitative estimate of drug-likeness (QED) is 0.673. The van der Waals surface area contributed by atoms with Crippen molar-refractivity contribution in [3.05, 3.63) is 48.6 Å². The van der Waals surface area contributed by atoms with Gasteiger partial charge in [-0.3, -0.25) is 0 Å². The average molecular weight is 218 g/mol. The third kappa shape index (κ3) is 4.19. The van der Waals surface area contributed by atoms with Crippen LogP contribution in [0.4, 0.5) is 0 Å². The summed E-state index contributed by atoms with van der Waals surface area (Å²) in [6.07, 6.45) is 3.06. The lowest BCUT2D eigenvalue weighted by Gasteiger charge is -2.30. The topological polar surface area (TPSA) is 9.23 Å². The summed E-state index contributed by atoms with van der Waals surface area (Å²) in [5, 5.41) is 0. The van der Waals surface area contributed by atoms with Crippen LogP contribution >= 0.6 is 0 Å². The second-order valence-corrected chi connectivity index (χ2v) is 5.18. The van der Waals surface area contributed by atoms with Crippen LogP contribution in [0.15, 0.2) is 43.0 Å². The highest BCUT2D eigenvalue weighted by Gasteiger charge is 2.23. The Bertz CT molecular complexity index is 308. The number of rotatable bonds is 5. The molecular weight excluding hydrogens is 196 g/mol. The summed E-state index contributed by atoms with van der Waals surface area (Å²) < 4.78 is 5.96. The van der Waals surface area contributed by atoms with Crippen molar-refractivity contribution in [2.75, 3.05) is 0 Å². The standard InChI is InChI=1S/C15H22O/c1-5-9-14(15(2,3)4)16-12-13-10-7-6-8-11-13/h5-8,10-11,14H,1,9,12H2,2-4H3. The SMILES string of the molecule is C=CCC(OCc1ccccc1)C(C)(C)C. The molecule has 0 aromatic heterocycles. The molecule has 0 aliphatic heterocycles. The van der Waals surface area contributed by atoms with Crippen molar-refractivity contribution in [2.45, 2.75) is 39.9 Å². The van der Waals surface area contributed by atoms with Gasteiger partial charge >= 0.3 is 0 Å². The van der Waals surface area contributed by atoms with E-state index in [2.05, 4.69) is 39.5 Å². The minimum absolute atomic E-state index is 0.156. The maximum Gasteiger partial charge on any atom is 0.0721 e. The molecule has 1 unspecified atom stereocenters. The molecule has 0 bridgehead atoms. The molecule has 0 radical (unpaired) electrons. The molecule has 16 heavy (non-hydrogen) atoms. The summed E-state index contributed by atoms with van der Waals surface area (Å²) >= 11 is 0. The van der Waals surface area contributed by atoms with Gasteiger partial charge in [-0.05, 0) is 17.4 Å². The van der Waals surface area contributed by atoms with Crippen LogP contribution in [0.25, 0.3) is 0 Å². The molecule has 0 heterocycles. The molecule has 0 aliphatic rings. The molecule has 0 amide bonds. The molecule has 88 valence electrons. The highest BCUT2D eigenvalue weighted by atomic mass is 16.5. The van der Waals surface area contributed by atoms with Crippen molar-refractivity contribution >= 4 is 0 Å². The van der Waals surface area contributed by atoms with Gasteiger partial charge in [-0.15, -0.1) is 6.58 Å². The van der Waals surface area contributed by atoms with E-state index in [-0.39, 0.29) is 11.5 Å². The Labute approximate surface area is 99.1 Å². The van der Waals surface area contributed by atoms with E-state index >= 15 is 0 Å². The molecule has 1 aromatic rings. The molecule has 0 saturated heterocycles. The molecule has 1 atom stereocenters. The monoisotopic (exact) mass is 218 g/mol. The van der Waals surface area contributed by atoms with Crippen molar-refractivity contribution in [3.63, 3.8) is 0 Å². The maximum absolute atomic E-state index is 5.96. The first kappa shape index (κ1) is 13.0. The Kier molecular flexibility index (Phi) is 4.75. The first-order chi connectivity index (χ1) is 7.54. The first-order valence-corrected chi connectivity index (χ1v) is 5.80. The van der Waals surface area contributed by atoms with E-state index in [0.29, 0.717) is 6.61 Å². The lowest BCUT2D eigenvalue weighted by Crippen LogP contribution is -2.28. The van der Waals surface area contributed by atoms with Crippen LogP contribution in [0.5, 0.6) is 0 Å². The largest absolute Gasteiger partial charge is 0.373 e. The molecule has 0 spiro atoms. The normalized spacial score (nSPS) is 13.4. The molecule has 1 rings (SSSR count). The van der Waals surface area contributed by atoms with Gasteiger partial charge in [0.2, 0.25) is 0 Å². The fraction of sp³-hybridized carbons (Fsp3) is 0.467. The van der Waals surface area contributed by atoms with E-state index in [1.165, 1.54) is 5.56 Å². The molecule has 0 saturated carbocycles. The maximum atomic E-state index is 5.96. The Balaban J connectivity index is 2.54. The third-order valence-corrected chi connectivity index (χ3v) is 2.64. The molecule has 1 heteroatoms. The second-order valence-electron chi connectivity index (χ2n) is 5.18. The zero-order valence-corrected chi connectivity index (χ0v) is 10.6. The van der Waals surface area contributed by atoms with Gasteiger partial charge in [0, 0.05) is 0 Å². The van der Waals surface area contributed by atoms with Gasteiger partial charge in [0.15, 0.2) is 0 Å². The van der Waals surface area contributed by atoms with E-state index in [4.69, 9.17) is 4.74 Å². The van der Waals surface area contributed by atoms with Crippen LogP contribution in [0.1, 0.15) is 32.8 Å². The van der Waals surface area contributed by atoms with Crippen LogP contribution in [0.2, 0.25) is 0 Å². The molecule has 0 fully saturated rings. The van der Waals surface area contributed by atoms with E-state index in [0.717, 1.165) is 6.42 Å². The molecule has 0 N–H and O–H groups in total. The van der Waals surface area contributed by atoms with E-state index in [9.17, 15) is 0 Å². The van der Waals surface area contributed by atoms with Gasteiger partial charge in [-0.25, -0.2) is 0 Å². The van der Waals surface area contributed by atoms with Crippen LogP contribution in [-0.2, 0) is 11.3 Å². The second kappa shape index (κ2) is 5.86. The Morgan fingerprint density at radius 3 is 2.38 bits per heavy atom. The van der Waals surface area contributed by atoms with Crippen molar-refractivity contribution in [1.29, 1.82) is 0 Å². The van der Waals surface area contributed by atoms with Gasteiger partial charge in [0.25, 0.3) is 0 Å². The van der Waals surface area contributed by atoms with Crippen molar-refractivity contribution in [2.24, 2.45) is 5.41 Å². The van der Waals surface area contributed by atoms with E-state index < -0.39 is 0 Å². The number of ether oxygens (including phenoxy) is 1. The van der Waals surface area contributed by atoms with Crippen LogP contribution < -0.4 is 0 Å². The van der Waals surface area contributed by atoms with Crippen LogP contribution in [0, 0.1) is 5.41 Å². The van der Waals surface area contributed by atoms with Gasteiger partial charge in [-0.1, -0.05) is 57.2 Å². The number of hydrogen-bond acceptors (Lipinski definition) is 1. The average Bonchev–Trinajstić information content (AvgIpc) is 2.24. The molecule has 1 nitrogen and oxygen atoms in total. The summed E-state index contributed by atoms with van der Waals surface area (Å²) in [5.74, 6) is 0. The lowest BCUT2D eigenvalue weighted by molar-refractivity contribution is -0.0257. The predicted molar refractivity (Wildman–Crippen MR) is 69.3 cm³/mol. The summed E-state index contributed by atoms with van der Waals surface area (Å²) in [6, 6.07) is 10.3. The molecule has 0 aliphatic carbocycles. The van der Waals surface area contributed by atoms with Crippen molar-refractivity contribution in [3.8, 4) is 0 Å². The smallest absolute Gasteiger partial charge is 0.0721 e. The summed E-state index contributed by atoms with van der Waals surface area (Å²) in [4.78, 5) is 0. The Hall–Kier alpha value is -1.08. The molecule has 1 aromatic carbocycles. The Morgan fingerprint density at radius 2 is 1.88 bits per heavy atom. The summed E-state index contributed by atoms with van der Waals surface area (Å²) in [7, 11) is 0. The van der Waals surface area contributed by atoms with Crippen molar-refractivity contribution < 1.29 is 4.74 Å². The number of benzene rings is 1. The zero-order valence-electron chi connectivity index (χ0n) is 10.6. The van der Waals surface area contributed by atoms with E-state index in [1.54, 1.807) is 0 Å². The van der Waals surface area contributed by atoms with E-state index in [1.807, 2.05) is 24.3 Å². The third-order valence-electron chi connectivity index (χ3n) is 2.64. The van der Waals surface area contributed by atoms with Gasteiger partial charge in [0.05, 0.1) is 12.7 Å². The fourth-order valence-corrected chi connectivity index (χ4v) is 1.59. The van der Waals surface area contributed by atoms with Gasteiger partial charge in [0.1, 0.15) is 0 Å². The number of hydrogen-bond donors (Lipinski definition) is 0. The summed E-state index contributed by atoms with van der Waals surface area (Å²) in [5.41, 5.74) is 1.38. The van der Waals surface area contributed by atoms with Gasteiger partial charge < -0.3 is 4.74 Å². The van der Waals surface area contributed by atoms with Crippen LogP contribution in [-0.4, -0.2) is 6.10 Å². The van der Waals surface area contributed by atoms with Gasteiger partial charge in [-0.2, -0.15) is 0 Å². The minimum atomic E-state index is 0.156. The first-order valence-electron chi connectivity index (χ1n) is 5.80. The van der Waals surface area contributed by atoms with Crippen molar-refractivity contribution in [1.82, 2.24) is 0 Å². The van der Waals surface area contributed by atoms with Crippen LogP contribution in [0.3, 0.4) is 0 Å². The highest BCUT2D eigenvalue weighted by molar-refractivity contribution is 5.13. The Morgan fingerprint density at radius 1 is 1.25 bits per heavy atom. The lowest BCUT2D eigenvalue weighted by atomic mass is 9.87. The fourth-order valence-electron chi connectivity index (χ4n) is 1.59. The molecular formula is C15H22O. The zero-order chi connectivity index (χ0) is 12.0. The minimum Gasteiger partial charge on any atom is -0.373 e. The predicted octanol–water partition coefficient (Wildman–Crippen LogP) is 4.19.